The molecule has 10 nitrogen and oxygen atoms in total. The van der Waals surface area contributed by atoms with Crippen LogP contribution in [0.1, 0.15) is 86.1 Å². The molecule has 0 aliphatic carbocycles. The number of benzene rings is 1. The quantitative estimate of drug-likeness (QED) is 0.217. The summed E-state index contributed by atoms with van der Waals surface area (Å²) in [6.07, 6.45) is 0.933. The fourth-order valence-corrected chi connectivity index (χ4v) is 3.15. The van der Waals surface area contributed by atoms with Gasteiger partial charge in [0, 0.05) is 12.8 Å². The van der Waals surface area contributed by atoms with E-state index in [-0.39, 0.29) is 55.3 Å². The molecule has 0 aromatic heterocycles. The van der Waals surface area contributed by atoms with Gasteiger partial charge in [-0.1, -0.05) is 53.5 Å². The minimum Gasteiger partial charge on any atom is -0.458 e. The van der Waals surface area contributed by atoms with Crippen LogP contribution in [0.2, 0.25) is 0 Å². The van der Waals surface area contributed by atoms with Gasteiger partial charge in [0.15, 0.2) is 11.5 Å². The molecule has 2 N–H and O–H groups in total. The van der Waals surface area contributed by atoms with E-state index < -0.39 is 36.2 Å². The third-order valence-corrected chi connectivity index (χ3v) is 6.26. The second kappa shape index (κ2) is 17.4. The van der Waals surface area contributed by atoms with Crippen molar-refractivity contribution in [3.63, 3.8) is 0 Å². The molecule has 0 bridgehead atoms. The summed E-state index contributed by atoms with van der Waals surface area (Å²) in [5.74, 6) is -1.10. The van der Waals surface area contributed by atoms with E-state index in [1.807, 2.05) is 34.6 Å². The summed E-state index contributed by atoms with van der Waals surface area (Å²) in [5, 5.41) is 0. The molecule has 0 amide bonds. The Morgan fingerprint density at radius 2 is 1.33 bits per heavy atom. The molecule has 0 saturated carbocycles. The number of carbonyl (C=O) groups is 4. The Kier molecular flexibility index (Phi) is 15.2. The monoisotopic (exact) mass is 551 g/mol. The molecule has 5 atom stereocenters. The zero-order valence-electron chi connectivity index (χ0n) is 24.3. The molecule has 1 rings (SSSR count). The van der Waals surface area contributed by atoms with Crippen LogP contribution in [-0.2, 0) is 35.0 Å². The highest BCUT2D eigenvalue weighted by molar-refractivity contribution is 5.77. The molecule has 0 heterocycles. The SMILES string of the molecule is CCC(C)CC(=O)Oc1ccc(C[C@H](N)C(=O)O[C@@H](C)COC(=O)OC(C)CC)cc1OC(=O)CC(C)CC. The summed E-state index contributed by atoms with van der Waals surface area (Å²) >= 11 is 0. The average Bonchev–Trinajstić information content (AvgIpc) is 2.88. The van der Waals surface area contributed by atoms with Crippen molar-refractivity contribution in [1.29, 1.82) is 0 Å². The third-order valence-electron chi connectivity index (χ3n) is 6.26. The van der Waals surface area contributed by atoms with Gasteiger partial charge < -0.3 is 29.4 Å². The van der Waals surface area contributed by atoms with E-state index in [0.29, 0.717) is 12.0 Å². The highest BCUT2D eigenvalue weighted by atomic mass is 16.7. The van der Waals surface area contributed by atoms with Gasteiger partial charge in [-0.15, -0.1) is 0 Å². The van der Waals surface area contributed by atoms with Crippen LogP contribution in [0.15, 0.2) is 18.2 Å². The van der Waals surface area contributed by atoms with Gasteiger partial charge in [-0.3, -0.25) is 14.4 Å². The van der Waals surface area contributed by atoms with Crippen molar-refractivity contribution in [3.05, 3.63) is 23.8 Å². The average molecular weight is 552 g/mol. The van der Waals surface area contributed by atoms with Crippen molar-refractivity contribution in [2.24, 2.45) is 17.6 Å². The van der Waals surface area contributed by atoms with Crippen molar-refractivity contribution in [2.45, 2.75) is 105 Å². The van der Waals surface area contributed by atoms with Crippen molar-refractivity contribution in [2.75, 3.05) is 6.61 Å². The lowest BCUT2D eigenvalue weighted by atomic mass is 10.0. The summed E-state index contributed by atoms with van der Waals surface area (Å²) in [7, 11) is 0. The molecule has 0 aliphatic rings. The first kappa shape index (κ1) is 33.9. The lowest BCUT2D eigenvalue weighted by Crippen LogP contribution is -2.37. The van der Waals surface area contributed by atoms with Crippen molar-refractivity contribution >= 4 is 24.1 Å². The van der Waals surface area contributed by atoms with Crippen molar-refractivity contribution in [1.82, 2.24) is 0 Å². The topological polar surface area (TPSA) is 140 Å². The summed E-state index contributed by atoms with van der Waals surface area (Å²) in [4.78, 5) is 49.0. The van der Waals surface area contributed by atoms with Gasteiger partial charge >= 0.3 is 24.1 Å². The zero-order valence-corrected chi connectivity index (χ0v) is 24.3. The summed E-state index contributed by atoms with van der Waals surface area (Å²) < 4.78 is 26.3. The number of carbonyl (C=O) groups excluding carboxylic acids is 4. The fraction of sp³-hybridized carbons (Fsp3) is 0.655. The van der Waals surface area contributed by atoms with Crippen LogP contribution < -0.4 is 15.2 Å². The molecule has 0 fully saturated rings. The molecule has 0 radical (unpaired) electrons. The van der Waals surface area contributed by atoms with Crippen LogP contribution in [0.3, 0.4) is 0 Å². The molecular weight excluding hydrogens is 506 g/mol. The van der Waals surface area contributed by atoms with Gasteiger partial charge in [-0.25, -0.2) is 4.79 Å². The van der Waals surface area contributed by atoms with Gasteiger partial charge in [0.05, 0.1) is 0 Å². The van der Waals surface area contributed by atoms with Gasteiger partial charge in [-0.2, -0.15) is 0 Å². The minimum absolute atomic E-state index is 0.0689. The third kappa shape index (κ3) is 13.5. The normalized spacial score (nSPS) is 14.8. The van der Waals surface area contributed by atoms with E-state index in [9.17, 15) is 19.2 Å². The molecule has 1 aromatic rings. The summed E-state index contributed by atoms with van der Waals surface area (Å²) in [6, 6.07) is 3.66. The molecule has 0 aliphatic heterocycles. The van der Waals surface area contributed by atoms with Crippen molar-refractivity contribution < 1.29 is 42.9 Å². The number of hydrogen-bond acceptors (Lipinski definition) is 10. The Hall–Kier alpha value is -3.14. The Labute approximate surface area is 231 Å². The molecule has 0 spiro atoms. The number of rotatable bonds is 16. The Morgan fingerprint density at radius 1 is 0.769 bits per heavy atom. The van der Waals surface area contributed by atoms with Crippen LogP contribution in [0.5, 0.6) is 11.5 Å². The van der Waals surface area contributed by atoms with Gasteiger partial charge in [0.25, 0.3) is 0 Å². The van der Waals surface area contributed by atoms with Gasteiger partial charge in [-0.05, 0) is 56.2 Å². The molecule has 3 unspecified atom stereocenters. The van der Waals surface area contributed by atoms with E-state index in [1.54, 1.807) is 19.9 Å². The second-order valence-corrected chi connectivity index (χ2v) is 10.1. The molecule has 220 valence electrons. The molecular formula is C29H45NO9. The minimum atomic E-state index is -1.04. The first-order valence-corrected chi connectivity index (χ1v) is 13.7. The standard InChI is InChI=1S/C29H45NO9/c1-8-18(4)13-26(31)38-24-12-11-22(16-25(24)39-27(32)14-19(5)9-2)15-23(30)28(33)36-21(7)17-35-29(34)37-20(6)10-3/h11-12,16,18-21,23H,8-10,13-15,17,30H2,1-7H3/t18?,19?,20?,21-,23-/m0/s1. The van der Waals surface area contributed by atoms with Crippen LogP contribution in [0, 0.1) is 11.8 Å². The summed E-state index contributed by atoms with van der Waals surface area (Å²) in [6.45, 7) is 12.9. The summed E-state index contributed by atoms with van der Waals surface area (Å²) in [5.41, 5.74) is 6.64. The van der Waals surface area contributed by atoms with Crippen LogP contribution in [0.4, 0.5) is 4.79 Å². The molecule has 39 heavy (non-hydrogen) atoms. The van der Waals surface area contributed by atoms with Crippen LogP contribution >= 0.6 is 0 Å². The maximum absolute atomic E-state index is 12.5. The zero-order chi connectivity index (χ0) is 29.5. The highest BCUT2D eigenvalue weighted by Gasteiger charge is 2.22. The maximum Gasteiger partial charge on any atom is 0.508 e. The Morgan fingerprint density at radius 3 is 1.87 bits per heavy atom. The lowest BCUT2D eigenvalue weighted by molar-refractivity contribution is -0.152. The smallest absolute Gasteiger partial charge is 0.458 e. The Balaban J connectivity index is 2.87. The fourth-order valence-electron chi connectivity index (χ4n) is 3.15. The molecule has 10 heteroatoms. The predicted octanol–water partition coefficient (Wildman–Crippen LogP) is 5.12. The first-order valence-electron chi connectivity index (χ1n) is 13.7. The van der Waals surface area contributed by atoms with E-state index in [4.69, 9.17) is 29.4 Å². The number of nitrogens with two attached hydrogens (primary N) is 1. The van der Waals surface area contributed by atoms with Crippen LogP contribution in [0.25, 0.3) is 0 Å². The van der Waals surface area contributed by atoms with Crippen molar-refractivity contribution in [3.8, 4) is 11.5 Å². The largest absolute Gasteiger partial charge is 0.508 e. The van der Waals surface area contributed by atoms with E-state index >= 15 is 0 Å². The number of hydrogen-bond donors (Lipinski definition) is 1. The Bertz CT molecular complexity index is 949. The van der Waals surface area contributed by atoms with E-state index in [2.05, 4.69) is 0 Å². The number of ether oxygens (including phenoxy) is 5. The van der Waals surface area contributed by atoms with E-state index in [0.717, 1.165) is 12.8 Å². The maximum atomic E-state index is 12.5. The predicted molar refractivity (Wildman–Crippen MR) is 145 cm³/mol. The number of esters is 3. The molecule has 1 aromatic carbocycles. The van der Waals surface area contributed by atoms with Crippen LogP contribution in [-0.4, -0.2) is 48.9 Å². The first-order chi connectivity index (χ1) is 18.4. The van der Waals surface area contributed by atoms with E-state index in [1.165, 1.54) is 12.1 Å². The lowest BCUT2D eigenvalue weighted by Gasteiger charge is -2.18. The second-order valence-electron chi connectivity index (χ2n) is 10.1. The van der Waals surface area contributed by atoms with Gasteiger partial charge in [0.1, 0.15) is 24.9 Å². The van der Waals surface area contributed by atoms with Gasteiger partial charge in [0.2, 0.25) is 0 Å². The molecule has 0 saturated heterocycles. The highest BCUT2D eigenvalue weighted by Crippen LogP contribution is 2.30.